The highest BCUT2D eigenvalue weighted by Gasteiger charge is 2.35. The number of piperazine rings is 1. The van der Waals surface area contributed by atoms with Gasteiger partial charge in [-0.3, -0.25) is 9.69 Å². The number of hydrogen-bond acceptors (Lipinski definition) is 2. The zero-order valence-corrected chi connectivity index (χ0v) is 13.8. The first-order valence-electron chi connectivity index (χ1n) is 7.99. The molecule has 3 nitrogen and oxygen atoms in total. The Bertz CT molecular complexity index is 469. The zero-order chi connectivity index (χ0) is 15.5. The summed E-state index contributed by atoms with van der Waals surface area (Å²) in [4.78, 5) is 16.1. The number of benzene rings is 1. The standard InChI is InChI=1S/C18H28N2O/c1-5-16(17-9-7-6-8-10-17)13-20-12-11-19(15(2)21)14-18(20,3)4/h6-10,16H,5,11-14H2,1-4H3/t16-/m0/s1. The Morgan fingerprint density at radius 3 is 2.43 bits per heavy atom. The predicted molar refractivity (Wildman–Crippen MR) is 87.4 cm³/mol. The summed E-state index contributed by atoms with van der Waals surface area (Å²) >= 11 is 0. The summed E-state index contributed by atoms with van der Waals surface area (Å²) < 4.78 is 0. The van der Waals surface area contributed by atoms with E-state index < -0.39 is 0 Å². The first-order valence-corrected chi connectivity index (χ1v) is 7.99. The monoisotopic (exact) mass is 288 g/mol. The Morgan fingerprint density at radius 1 is 1.24 bits per heavy atom. The maximum absolute atomic E-state index is 11.6. The Kier molecular flexibility index (Phi) is 5.04. The SMILES string of the molecule is CC[C@@H](CN1CCN(C(C)=O)CC1(C)C)c1ccccc1. The first-order chi connectivity index (χ1) is 9.94. The Hall–Kier alpha value is -1.35. The Balaban J connectivity index is 2.06. The molecular weight excluding hydrogens is 260 g/mol. The van der Waals surface area contributed by atoms with Gasteiger partial charge in [0.15, 0.2) is 0 Å². The molecule has 2 rings (SSSR count). The summed E-state index contributed by atoms with van der Waals surface area (Å²) in [7, 11) is 0. The average Bonchev–Trinajstić information content (AvgIpc) is 2.46. The number of amides is 1. The third-order valence-electron chi connectivity index (χ3n) is 4.72. The van der Waals surface area contributed by atoms with Crippen molar-refractivity contribution in [1.82, 2.24) is 9.80 Å². The molecule has 1 aliphatic heterocycles. The van der Waals surface area contributed by atoms with Crippen LogP contribution in [0.25, 0.3) is 0 Å². The highest BCUT2D eigenvalue weighted by molar-refractivity contribution is 5.73. The Morgan fingerprint density at radius 2 is 1.90 bits per heavy atom. The molecule has 1 aromatic rings. The quantitative estimate of drug-likeness (QED) is 0.850. The third kappa shape index (κ3) is 3.85. The fourth-order valence-corrected chi connectivity index (χ4v) is 3.26. The molecule has 1 aromatic carbocycles. The predicted octanol–water partition coefficient (Wildman–Crippen LogP) is 3.12. The van der Waals surface area contributed by atoms with Crippen LogP contribution in [0, 0.1) is 0 Å². The summed E-state index contributed by atoms with van der Waals surface area (Å²) in [6.07, 6.45) is 1.15. The van der Waals surface area contributed by atoms with Crippen LogP contribution >= 0.6 is 0 Å². The molecule has 0 N–H and O–H groups in total. The summed E-state index contributed by atoms with van der Waals surface area (Å²) in [5.41, 5.74) is 1.47. The van der Waals surface area contributed by atoms with Gasteiger partial charge in [0.05, 0.1) is 0 Å². The van der Waals surface area contributed by atoms with E-state index in [9.17, 15) is 4.79 Å². The number of rotatable bonds is 4. The van der Waals surface area contributed by atoms with Crippen LogP contribution in [0.2, 0.25) is 0 Å². The van der Waals surface area contributed by atoms with E-state index in [0.29, 0.717) is 5.92 Å². The fraction of sp³-hybridized carbons (Fsp3) is 0.611. The number of carbonyl (C=O) groups is 1. The summed E-state index contributed by atoms with van der Waals surface area (Å²) in [6, 6.07) is 10.8. The van der Waals surface area contributed by atoms with E-state index in [0.717, 1.165) is 32.6 Å². The highest BCUT2D eigenvalue weighted by atomic mass is 16.2. The molecule has 0 aliphatic carbocycles. The summed E-state index contributed by atoms with van der Waals surface area (Å²) in [6.45, 7) is 12.1. The second-order valence-electron chi connectivity index (χ2n) is 6.71. The van der Waals surface area contributed by atoms with Gasteiger partial charge in [-0.15, -0.1) is 0 Å². The normalized spacial score (nSPS) is 20.3. The van der Waals surface area contributed by atoms with Crippen molar-refractivity contribution >= 4 is 5.91 Å². The number of carbonyl (C=O) groups excluding carboxylic acids is 1. The van der Waals surface area contributed by atoms with Crippen molar-refractivity contribution in [2.24, 2.45) is 0 Å². The number of nitrogens with zero attached hydrogens (tertiary/aromatic N) is 2. The van der Waals surface area contributed by atoms with Crippen LogP contribution in [0.5, 0.6) is 0 Å². The van der Waals surface area contributed by atoms with Gasteiger partial charge < -0.3 is 4.90 Å². The molecule has 116 valence electrons. The van der Waals surface area contributed by atoms with Crippen LogP contribution in [0.15, 0.2) is 30.3 Å². The minimum absolute atomic E-state index is 0.0477. The summed E-state index contributed by atoms with van der Waals surface area (Å²) in [5, 5.41) is 0. The lowest BCUT2D eigenvalue weighted by Gasteiger charge is -2.48. The van der Waals surface area contributed by atoms with Gasteiger partial charge in [0, 0.05) is 38.6 Å². The van der Waals surface area contributed by atoms with Gasteiger partial charge in [-0.05, 0) is 31.7 Å². The molecule has 21 heavy (non-hydrogen) atoms. The van der Waals surface area contributed by atoms with E-state index in [-0.39, 0.29) is 11.4 Å². The summed E-state index contributed by atoms with van der Waals surface area (Å²) in [5.74, 6) is 0.757. The van der Waals surface area contributed by atoms with E-state index in [4.69, 9.17) is 0 Å². The topological polar surface area (TPSA) is 23.6 Å². The lowest BCUT2D eigenvalue weighted by atomic mass is 9.91. The molecule has 0 spiro atoms. The van der Waals surface area contributed by atoms with E-state index in [1.807, 2.05) is 4.90 Å². The first kappa shape index (κ1) is 16.0. The van der Waals surface area contributed by atoms with Crippen LogP contribution in [0.1, 0.15) is 45.6 Å². The minimum Gasteiger partial charge on any atom is -0.340 e. The lowest BCUT2D eigenvalue weighted by Crippen LogP contribution is -2.60. The van der Waals surface area contributed by atoms with Crippen molar-refractivity contribution < 1.29 is 4.79 Å². The van der Waals surface area contributed by atoms with Gasteiger partial charge in [0.25, 0.3) is 0 Å². The maximum Gasteiger partial charge on any atom is 0.219 e. The average molecular weight is 288 g/mol. The van der Waals surface area contributed by atoms with Gasteiger partial charge in [-0.2, -0.15) is 0 Å². The van der Waals surface area contributed by atoms with Gasteiger partial charge in [0.1, 0.15) is 0 Å². The van der Waals surface area contributed by atoms with Crippen molar-refractivity contribution in [2.75, 3.05) is 26.2 Å². The molecule has 1 amide bonds. The molecule has 1 heterocycles. The molecular formula is C18H28N2O. The van der Waals surface area contributed by atoms with Crippen LogP contribution in [-0.4, -0.2) is 47.4 Å². The van der Waals surface area contributed by atoms with Crippen LogP contribution < -0.4 is 0 Å². The molecule has 1 saturated heterocycles. The molecule has 0 bridgehead atoms. The van der Waals surface area contributed by atoms with Crippen molar-refractivity contribution in [3.8, 4) is 0 Å². The highest BCUT2D eigenvalue weighted by Crippen LogP contribution is 2.27. The fourth-order valence-electron chi connectivity index (χ4n) is 3.26. The van der Waals surface area contributed by atoms with E-state index >= 15 is 0 Å². The van der Waals surface area contributed by atoms with E-state index in [1.165, 1.54) is 5.56 Å². The van der Waals surface area contributed by atoms with Crippen molar-refractivity contribution in [1.29, 1.82) is 0 Å². The molecule has 0 saturated carbocycles. The Labute approximate surface area is 128 Å². The van der Waals surface area contributed by atoms with Crippen molar-refractivity contribution in [3.05, 3.63) is 35.9 Å². The second kappa shape index (κ2) is 6.61. The lowest BCUT2D eigenvalue weighted by molar-refractivity contribution is -0.133. The molecule has 1 atom stereocenters. The maximum atomic E-state index is 11.6. The zero-order valence-electron chi connectivity index (χ0n) is 13.8. The van der Waals surface area contributed by atoms with E-state index in [2.05, 4.69) is 56.0 Å². The van der Waals surface area contributed by atoms with E-state index in [1.54, 1.807) is 6.92 Å². The van der Waals surface area contributed by atoms with Crippen LogP contribution in [-0.2, 0) is 4.79 Å². The van der Waals surface area contributed by atoms with Gasteiger partial charge >= 0.3 is 0 Å². The molecule has 0 radical (unpaired) electrons. The largest absolute Gasteiger partial charge is 0.340 e. The second-order valence-corrected chi connectivity index (χ2v) is 6.71. The minimum atomic E-state index is 0.0477. The molecule has 1 fully saturated rings. The van der Waals surface area contributed by atoms with Gasteiger partial charge in [-0.25, -0.2) is 0 Å². The molecule has 0 unspecified atom stereocenters. The number of hydrogen-bond donors (Lipinski definition) is 0. The smallest absolute Gasteiger partial charge is 0.219 e. The molecule has 1 aliphatic rings. The van der Waals surface area contributed by atoms with Crippen molar-refractivity contribution in [2.45, 2.75) is 45.6 Å². The molecule has 0 aromatic heterocycles. The van der Waals surface area contributed by atoms with Crippen LogP contribution in [0.4, 0.5) is 0 Å². The van der Waals surface area contributed by atoms with Gasteiger partial charge in [0.2, 0.25) is 5.91 Å². The molecule has 3 heteroatoms. The van der Waals surface area contributed by atoms with Crippen molar-refractivity contribution in [3.63, 3.8) is 0 Å². The van der Waals surface area contributed by atoms with Crippen LogP contribution in [0.3, 0.4) is 0 Å². The van der Waals surface area contributed by atoms with Gasteiger partial charge in [-0.1, -0.05) is 37.3 Å². The third-order valence-corrected chi connectivity index (χ3v) is 4.72.